The molecule has 0 aliphatic carbocycles. The van der Waals surface area contributed by atoms with E-state index in [-0.39, 0.29) is 23.9 Å². The molecule has 1 aliphatic rings. The molecule has 2 aromatic heterocycles. The van der Waals surface area contributed by atoms with Crippen molar-refractivity contribution in [2.24, 2.45) is 0 Å². The van der Waals surface area contributed by atoms with Crippen molar-refractivity contribution in [2.75, 3.05) is 0 Å². The van der Waals surface area contributed by atoms with Gasteiger partial charge in [0.25, 0.3) is 0 Å². The van der Waals surface area contributed by atoms with Crippen molar-refractivity contribution in [1.29, 1.82) is 0 Å². The smallest absolute Gasteiger partial charge is 0.170 e. The summed E-state index contributed by atoms with van der Waals surface area (Å²) in [4.78, 5) is 6.80. The summed E-state index contributed by atoms with van der Waals surface area (Å²) < 4.78 is 16.5. The zero-order chi connectivity index (χ0) is 20.7. The summed E-state index contributed by atoms with van der Waals surface area (Å²) in [5.74, 6) is -0.233. The number of thiocarbonyl (C=S) groups is 1. The molecule has 0 amide bonds. The van der Waals surface area contributed by atoms with Crippen molar-refractivity contribution in [3.63, 3.8) is 0 Å². The molecule has 3 aromatic rings. The Morgan fingerprint density at radius 3 is 2.48 bits per heavy atom. The van der Waals surface area contributed by atoms with Crippen LogP contribution in [0.2, 0.25) is 0 Å². The molecule has 0 radical (unpaired) electrons. The van der Waals surface area contributed by atoms with Gasteiger partial charge in [0.05, 0.1) is 23.5 Å². The third-order valence-electron chi connectivity index (χ3n) is 5.57. The number of rotatable bonds is 4. The van der Waals surface area contributed by atoms with Gasteiger partial charge in [-0.15, -0.1) is 0 Å². The minimum absolute atomic E-state index is 0.0240. The highest BCUT2D eigenvalue weighted by Gasteiger charge is 2.42. The molecule has 1 fully saturated rings. The lowest BCUT2D eigenvalue weighted by Gasteiger charge is -2.31. The van der Waals surface area contributed by atoms with Crippen LogP contribution >= 0.6 is 12.2 Å². The van der Waals surface area contributed by atoms with Gasteiger partial charge >= 0.3 is 0 Å². The average Bonchev–Trinajstić information content (AvgIpc) is 3.19. The van der Waals surface area contributed by atoms with Crippen molar-refractivity contribution in [3.05, 3.63) is 83.2 Å². The average molecular weight is 409 g/mol. The second-order valence-corrected chi connectivity index (χ2v) is 8.13. The standard InChI is InChI=1S/C23H25FN4S/c1-14(2)27-22(21(26-23(27)29)19-10-7-8-12-25-19)17-13-15(3)28(16(17)4)20-11-6-5-9-18(20)24/h5-14,21-22H,1-4H3,(H,26,29). The molecule has 0 bridgehead atoms. The number of hydrogen-bond acceptors (Lipinski definition) is 2. The SMILES string of the molecule is Cc1cc(C2C(c3ccccn3)NC(=S)N2C(C)C)c(C)n1-c1ccccc1F. The Bertz CT molecular complexity index is 1040. The maximum atomic E-state index is 14.6. The third kappa shape index (κ3) is 3.31. The van der Waals surface area contributed by atoms with E-state index < -0.39 is 0 Å². The third-order valence-corrected chi connectivity index (χ3v) is 5.90. The van der Waals surface area contributed by atoms with E-state index in [2.05, 4.69) is 35.1 Å². The molecule has 29 heavy (non-hydrogen) atoms. The van der Waals surface area contributed by atoms with Crippen LogP contribution < -0.4 is 5.32 Å². The van der Waals surface area contributed by atoms with Gasteiger partial charge in [-0.25, -0.2) is 4.39 Å². The normalized spacial score (nSPS) is 19.1. The van der Waals surface area contributed by atoms with Gasteiger partial charge in [-0.2, -0.15) is 0 Å². The van der Waals surface area contributed by atoms with Gasteiger partial charge in [0, 0.05) is 23.6 Å². The Labute approximate surface area is 176 Å². The number of nitrogens with zero attached hydrogens (tertiary/aromatic N) is 3. The van der Waals surface area contributed by atoms with Crippen molar-refractivity contribution >= 4 is 17.3 Å². The van der Waals surface area contributed by atoms with Crippen molar-refractivity contribution < 1.29 is 4.39 Å². The fourth-order valence-corrected chi connectivity index (χ4v) is 4.80. The van der Waals surface area contributed by atoms with Gasteiger partial charge in [0.15, 0.2) is 5.11 Å². The Balaban J connectivity index is 1.88. The second-order valence-electron chi connectivity index (χ2n) is 7.74. The largest absolute Gasteiger partial charge is 0.352 e. The minimum Gasteiger partial charge on any atom is -0.352 e. The monoisotopic (exact) mass is 408 g/mol. The molecule has 1 N–H and O–H groups in total. The van der Waals surface area contributed by atoms with Crippen LogP contribution in [0.4, 0.5) is 4.39 Å². The van der Waals surface area contributed by atoms with Crippen LogP contribution in [-0.2, 0) is 0 Å². The molecule has 4 rings (SSSR count). The molecule has 150 valence electrons. The van der Waals surface area contributed by atoms with E-state index in [1.54, 1.807) is 12.3 Å². The number of benzene rings is 1. The maximum absolute atomic E-state index is 14.6. The van der Waals surface area contributed by atoms with Crippen LogP contribution in [0.5, 0.6) is 0 Å². The van der Waals surface area contributed by atoms with E-state index >= 15 is 0 Å². The number of aromatic nitrogens is 2. The molecular weight excluding hydrogens is 383 g/mol. The number of halogens is 1. The van der Waals surface area contributed by atoms with Crippen LogP contribution in [0.1, 0.15) is 48.6 Å². The first-order chi connectivity index (χ1) is 13.9. The van der Waals surface area contributed by atoms with Gasteiger partial charge in [-0.05, 0) is 75.8 Å². The van der Waals surface area contributed by atoms with Gasteiger partial charge in [0.1, 0.15) is 5.82 Å². The lowest BCUT2D eigenvalue weighted by atomic mass is 9.96. The second kappa shape index (κ2) is 7.59. The first kappa shape index (κ1) is 19.6. The predicted octanol–water partition coefficient (Wildman–Crippen LogP) is 5.01. The number of hydrogen-bond donors (Lipinski definition) is 1. The lowest BCUT2D eigenvalue weighted by Crippen LogP contribution is -2.35. The van der Waals surface area contributed by atoms with Gasteiger partial charge in [-0.1, -0.05) is 18.2 Å². The Morgan fingerprint density at radius 1 is 1.10 bits per heavy atom. The minimum atomic E-state index is -0.233. The molecule has 0 spiro atoms. The first-order valence-corrected chi connectivity index (χ1v) is 10.2. The van der Waals surface area contributed by atoms with Crippen molar-refractivity contribution in [1.82, 2.24) is 19.8 Å². The highest BCUT2D eigenvalue weighted by atomic mass is 32.1. The fourth-order valence-electron chi connectivity index (χ4n) is 4.34. The van der Waals surface area contributed by atoms with Crippen LogP contribution in [0.15, 0.2) is 54.7 Å². The summed E-state index contributed by atoms with van der Waals surface area (Å²) in [6.07, 6.45) is 1.80. The van der Waals surface area contributed by atoms with Crippen molar-refractivity contribution in [2.45, 2.75) is 45.8 Å². The van der Waals surface area contributed by atoms with Crippen LogP contribution in [0.25, 0.3) is 5.69 Å². The summed E-state index contributed by atoms with van der Waals surface area (Å²) in [6.45, 7) is 8.33. The van der Waals surface area contributed by atoms with Gasteiger partial charge in [0.2, 0.25) is 0 Å². The summed E-state index contributed by atoms with van der Waals surface area (Å²) in [5.41, 5.74) is 4.63. The molecule has 1 aromatic carbocycles. The first-order valence-electron chi connectivity index (χ1n) is 9.83. The van der Waals surface area contributed by atoms with E-state index in [4.69, 9.17) is 12.2 Å². The van der Waals surface area contributed by atoms with Crippen LogP contribution in [0.3, 0.4) is 0 Å². The lowest BCUT2D eigenvalue weighted by molar-refractivity contribution is 0.269. The number of para-hydroxylation sites is 1. The summed E-state index contributed by atoms with van der Waals surface area (Å²) in [7, 11) is 0. The topological polar surface area (TPSA) is 33.1 Å². The zero-order valence-electron chi connectivity index (χ0n) is 17.1. The number of aryl methyl sites for hydroxylation is 1. The highest BCUT2D eigenvalue weighted by Crippen LogP contribution is 2.42. The summed E-state index contributed by atoms with van der Waals surface area (Å²) in [5, 5.41) is 4.19. The van der Waals surface area contributed by atoms with E-state index in [1.165, 1.54) is 6.07 Å². The van der Waals surface area contributed by atoms with Crippen LogP contribution in [-0.4, -0.2) is 25.6 Å². The van der Waals surface area contributed by atoms with E-state index in [1.807, 2.05) is 48.7 Å². The van der Waals surface area contributed by atoms with Crippen molar-refractivity contribution in [3.8, 4) is 5.69 Å². The molecule has 6 heteroatoms. The number of pyridine rings is 1. The molecule has 1 aliphatic heterocycles. The van der Waals surface area contributed by atoms with Gasteiger partial charge in [-0.3, -0.25) is 4.98 Å². The van der Waals surface area contributed by atoms with Crippen LogP contribution in [0, 0.1) is 19.7 Å². The Kier molecular flexibility index (Phi) is 5.13. The van der Waals surface area contributed by atoms with E-state index in [0.29, 0.717) is 5.69 Å². The molecule has 1 saturated heterocycles. The predicted molar refractivity (Wildman–Crippen MR) is 118 cm³/mol. The Hall–Kier alpha value is -2.73. The molecular formula is C23H25FN4S. The molecule has 4 nitrogen and oxygen atoms in total. The molecule has 0 saturated carbocycles. The van der Waals surface area contributed by atoms with Gasteiger partial charge < -0.3 is 14.8 Å². The molecule has 3 heterocycles. The quantitative estimate of drug-likeness (QED) is 0.615. The Morgan fingerprint density at radius 2 is 1.83 bits per heavy atom. The zero-order valence-corrected chi connectivity index (χ0v) is 17.9. The van der Waals surface area contributed by atoms with E-state index in [9.17, 15) is 4.39 Å². The maximum Gasteiger partial charge on any atom is 0.170 e. The van der Waals surface area contributed by atoms with E-state index in [0.717, 1.165) is 27.8 Å². The summed E-state index contributed by atoms with van der Waals surface area (Å²) in [6, 6.07) is 15.1. The number of nitrogens with one attached hydrogen (secondary N) is 1. The fraction of sp³-hybridized carbons (Fsp3) is 0.304. The molecule has 2 unspecified atom stereocenters. The highest BCUT2D eigenvalue weighted by molar-refractivity contribution is 7.80. The molecule has 2 atom stereocenters. The summed E-state index contributed by atoms with van der Waals surface area (Å²) >= 11 is 5.69.